The van der Waals surface area contributed by atoms with E-state index in [0.717, 1.165) is 23.7 Å². The first kappa shape index (κ1) is 11.8. The fourth-order valence-electron chi connectivity index (χ4n) is 5.67. The zero-order chi connectivity index (χ0) is 12.6. The molecule has 3 aliphatic rings. The lowest BCUT2D eigenvalue weighted by atomic mass is 9.55. The Balaban J connectivity index is 2.09. The van der Waals surface area contributed by atoms with E-state index >= 15 is 0 Å². The van der Waals surface area contributed by atoms with E-state index in [1.165, 1.54) is 19.3 Å². The van der Waals surface area contributed by atoms with Crippen molar-refractivity contribution < 1.29 is 0 Å². The van der Waals surface area contributed by atoms with Crippen LogP contribution in [0.3, 0.4) is 0 Å². The lowest BCUT2D eigenvalue weighted by Gasteiger charge is -2.49. The minimum atomic E-state index is 0.522. The maximum Gasteiger partial charge on any atom is -0.00493 e. The van der Waals surface area contributed by atoms with Crippen molar-refractivity contribution in [3.8, 4) is 0 Å². The van der Waals surface area contributed by atoms with E-state index in [-0.39, 0.29) is 0 Å². The summed E-state index contributed by atoms with van der Waals surface area (Å²) < 4.78 is 0. The molecule has 1 unspecified atom stereocenters. The van der Waals surface area contributed by atoms with Gasteiger partial charge in [-0.1, -0.05) is 45.8 Å². The summed E-state index contributed by atoms with van der Waals surface area (Å²) in [4.78, 5) is 0. The maximum atomic E-state index is 2.59. The molecule has 0 radical (unpaired) electrons. The SMILES string of the molecule is CC1=C2CCC(C)[C@@H](C)[C@]2(C)[C@H]2[C@@H](C1)C2(C)C. The van der Waals surface area contributed by atoms with Gasteiger partial charge in [-0.3, -0.25) is 0 Å². The van der Waals surface area contributed by atoms with Crippen LogP contribution in [0.15, 0.2) is 11.1 Å². The third-order valence-electron chi connectivity index (χ3n) is 7.04. The van der Waals surface area contributed by atoms with Crippen LogP contribution in [-0.2, 0) is 0 Å². The van der Waals surface area contributed by atoms with Crippen molar-refractivity contribution in [2.75, 3.05) is 0 Å². The standard InChI is InChI=1S/C17H28/c1-10-7-8-13-11(2)9-14-15(16(14,4)5)17(13,6)12(10)3/h10,12,14-15H,7-9H2,1-6H3/t10?,12-,14-,15+,17+/m1/s1. The second-order valence-corrected chi connectivity index (χ2v) is 7.96. The Labute approximate surface area is 107 Å². The predicted molar refractivity (Wildman–Crippen MR) is 73.7 cm³/mol. The zero-order valence-electron chi connectivity index (χ0n) is 12.4. The molecular formula is C17H28. The van der Waals surface area contributed by atoms with Crippen molar-refractivity contribution in [3.05, 3.63) is 11.1 Å². The maximum absolute atomic E-state index is 2.59. The molecule has 96 valence electrons. The summed E-state index contributed by atoms with van der Waals surface area (Å²) in [6, 6.07) is 0. The van der Waals surface area contributed by atoms with Crippen LogP contribution in [0.4, 0.5) is 0 Å². The first-order valence-electron chi connectivity index (χ1n) is 7.50. The van der Waals surface area contributed by atoms with Crippen molar-refractivity contribution in [1.29, 1.82) is 0 Å². The molecule has 17 heavy (non-hydrogen) atoms. The van der Waals surface area contributed by atoms with Gasteiger partial charge >= 0.3 is 0 Å². The summed E-state index contributed by atoms with van der Waals surface area (Å²) in [5, 5.41) is 0. The van der Waals surface area contributed by atoms with Gasteiger partial charge in [-0.05, 0) is 60.7 Å². The number of hydrogen-bond acceptors (Lipinski definition) is 0. The molecule has 0 aromatic heterocycles. The molecule has 0 bridgehead atoms. The van der Waals surface area contributed by atoms with Gasteiger partial charge in [-0.2, -0.15) is 0 Å². The molecule has 0 aromatic rings. The zero-order valence-corrected chi connectivity index (χ0v) is 12.4. The molecule has 0 aromatic carbocycles. The Hall–Kier alpha value is -0.260. The lowest BCUT2D eigenvalue weighted by molar-refractivity contribution is 0.0913. The van der Waals surface area contributed by atoms with Gasteiger partial charge in [-0.25, -0.2) is 0 Å². The van der Waals surface area contributed by atoms with Crippen molar-refractivity contribution in [2.24, 2.45) is 34.5 Å². The molecule has 0 spiro atoms. The molecule has 0 N–H and O–H groups in total. The Bertz CT molecular complexity index is 387. The molecule has 0 saturated heterocycles. The smallest absolute Gasteiger partial charge is 0.00493 e. The number of allylic oxidation sites excluding steroid dienone is 2. The van der Waals surface area contributed by atoms with Crippen LogP contribution in [-0.4, -0.2) is 0 Å². The van der Waals surface area contributed by atoms with Crippen LogP contribution in [0.1, 0.15) is 60.8 Å². The average molecular weight is 232 g/mol. The Kier molecular flexibility index (Phi) is 2.22. The second-order valence-electron chi connectivity index (χ2n) is 7.96. The second kappa shape index (κ2) is 3.19. The summed E-state index contributed by atoms with van der Waals surface area (Å²) in [5.74, 6) is 3.72. The largest absolute Gasteiger partial charge is 0.0732 e. The Morgan fingerprint density at radius 3 is 2.41 bits per heavy atom. The predicted octanol–water partition coefficient (Wildman–Crippen LogP) is 5.05. The minimum absolute atomic E-state index is 0.522. The van der Waals surface area contributed by atoms with E-state index in [1.54, 1.807) is 5.57 Å². The molecule has 0 heterocycles. The summed E-state index contributed by atoms with van der Waals surface area (Å²) in [7, 11) is 0. The van der Waals surface area contributed by atoms with Gasteiger partial charge in [0, 0.05) is 0 Å². The molecular weight excluding hydrogens is 204 g/mol. The van der Waals surface area contributed by atoms with Gasteiger partial charge in [0.05, 0.1) is 0 Å². The van der Waals surface area contributed by atoms with E-state index < -0.39 is 0 Å². The van der Waals surface area contributed by atoms with Crippen LogP contribution < -0.4 is 0 Å². The number of fused-ring (bicyclic) bond motifs is 3. The fraction of sp³-hybridized carbons (Fsp3) is 0.882. The monoisotopic (exact) mass is 232 g/mol. The van der Waals surface area contributed by atoms with Gasteiger partial charge in [0.15, 0.2) is 0 Å². The molecule has 0 aliphatic heterocycles. The number of rotatable bonds is 0. The third-order valence-corrected chi connectivity index (χ3v) is 7.04. The van der Waals surface area contributed by atoms with E-state index in [1.807, 2.05) is 5.57 Å². The van der Waals surface area contributed by atoms with Gasteiger partial charge < -0.3 is 0 Å². The van der Waals surface area contributed by atoms with Crippen LogP contribution in [0, 0.1) is 34.5 Å². The number of hydrogen-bond donors (Lipinski definition) is 0. The van der Waals surface area contributed by atoms with Crippen molar-refractivity contribution >= 4 is 0 Å². The van der Waals surface area contributed by atoms with Crippen LogP contribution in [0.5, 0.6) is 0 Å². The third kappa shape index (κ3) is 1.25. The van der Waals surface area contributed by atoms with Gasteiger partial charge in [0.25, 0.3) is 0 Å². The topological polar surface area (TPSA) is 0 Å². The molecule has 0 heteroatoms. The lowest BCUT2D eigenvalue weighted by Crippen LogP contribution is -2.41. The Morgan fingerprint density at radius 1 is 1.12 bits per heavy atom. The quantitative estimate of drug-likeness (QED) is 0.513. The van der Waals surface area contributed by atoms with E-state index in [0.29, 0.717) is 10.8 Å². The van der Waals surface area contributed by atoms with Crippen LogP contribution in [0.2, 0.25) is 0 Å². The highest BCUT2D eigenvalue weighted by Crippen LogP contribution is 2.75. The molecule has 3 rings (SSSR count). The summed E-state index contributed by atoms with van der Waals surface area (Å²) in [6.07, 6.45) is 4.19. The Morgan fingerprint density at radius 2 is 1.76 bits per heavy atom. The van der Waals surface area contributed by atoms with E-state index in [2.05, 4.69) is 41.5 Å². The highest BCUT2D eigenvalue weighted by molar-refractivity contribution is 5.36. The first-order chi connectivity index (χ1) is 7.81. The van der Waals surface area contributed by atoms with Gasteiger partial charge in [0.2, 0.25) is 0 Å². The molecule has 2 saturated carbocycles. The highest BCUT2D eigenvalue weighted by Gasteiger charge is 2.69. The molecule has 3 aliphatic carbocycles. The van der Waals surface area contributed by atoms with Crippen molar-refractivity contribution in [1.82, 2.24) is 0 Å². The van der Waals surface area contributed by atoms with Gasteiger partial charge in [-0.15, -0.1) is 0 Å². The van der Waals surface area contributed by atoms with E-state index in [9.17, 15) is 0 Å². The molecule has 0 amide bonds. The van der Waals surface area contributed by atoms with Crippen molar-refractivity contribution in [2.45, 2.75) is 60.8 Å². The summed E-state index contributed by atoms with van der Waals surface area (Å²) in [6.45, 7) is 15.0. The molecule has 5 atom stereocenters. The van der Waals surface area contributed by atoms with E-state index in [4.69, 9.17) is 0 Å². The average Bonchev–Trinajstić information content (AvgIpc) is 2.78. The first-order valence-corrected chi connectivity index (χ1v) is 7.50. The van der Waals surface area contributed by atoms with Crippen LogP contribution in [0.25, 0.3) is 0 Å². The fourth-order valence-corrected chi connectivity index (χ4v) is 5.67. The van der Waals surface area contributed by atoms with Crippen molar-refractivity contribution in [3.63, 3.8) is 0 Å². The highest BCUT2D eigenvalue weighted by atomic mass is 14.7. The van der Waals surface area contributed by atoms with Gasteiger partial charge in [0.1, 0.15) is 0 Å². The summed E-state index contributed by atoms with van der Waals surface area (Å²) >= 11 is 0. The summed E-state index contributed by atoms with van der Waals surface area (Å²) in [5.41, 5.74) is 4.73. The minimum Gasteiger partial charge on any atom is -0.0732 e. The molecule has 0 nitrogen and oxygen atoms in total. The normalized spacial score (nSPS) is 51.9. The van der Waals surface area contributed by atoms with Crippen LogP contribution >= 0.6 is 0 Å². The molecule has 2 fully saturated rings.